The predicted molar refractivity (Wildman–Crippen MR) is 103 cm³/mol. The summed E-state index contributed by atoms with van der Waals surface area (Å²) in [7, 11) is -2.52. The fraction of sp³-hybridized carbons (Fsp3) is 0.263. The number of sulfonamides is 1. The quantitative estimate of drug-likeness (QED) is 0.692. The third kappa shape index (κ3) is 4.52. The van der Waals surface area contributed by atoms with E-state index in [4.69, 9.17) is 16.3 Å². The summed E-state index contributed by atoms with van der Waals surface area (Å²) in [6.45, 7) is 0.108. The Bertz CT molecular complexity index is 989. The van der Waals surface area contributed by atoms with Crippen molar-refractivity contribution >= 4 is 33.4 Å². The maximum Gasteiger partial charge on any atom is 0.244 e. The minimum atomic E-state index is -3.89. The van der Waals surface area contributed by atoms with E-state index in [9.17, 15) is 18.0 Å². The zero-order valence-corrected chi connectivity index (χ0v) is 16.7. The van der Waals surface area contributed by atoms with Crippen molar-refractivity contribution in [3.8, 4) is 5.75 Å². The Balaban J connectivity index is 1.82. The maximum atomic E-state index is 12.8. The minimum absolute atomic E-state index is 0.0291. The number of rotatable bonds is 7. The van der Waals surface area contributed by atoms with E-state index >= 15 is 0 Å². The average Bonchev–Trinajstić information content (AvgIpc) is 2.99. The van der Waals surface area contributed by atoms with Crippen LogP contribution in [0.1, 0.15) is 24.0 Å². The van der Waals surface area contributed by atoms with E-state index in [0.717, 1.165) is 10.5 Å². The van der Waals surface area contributed by atoms with Gasteiger partial charge in [0.2, 0.25) is 21.8 Å². The van der Waals surface area contributed by atoms with Gasteiger partial charge in [-0.15, -0.1) is 0 Å². The molecule has 28 heavy (non-hydrogen) atoms. The third-order valence-electron chi connectivity index (χ3n) is 4.39. The lowest BCUT2D eigenvalue weighted by atomic mass is 10.2. The van der Waals surface area contributed by atoms with E-state index in [1.54, 1.807) is 30.3 Å². The molecule has 0 saturated carbocycles. The molecule has 1 heterocycles. The standard InChI is InChI=1S/C19H19ClN2O5S/c1-27-16-7-4-14(12-22-18(23)8-9-19(22)24)10-17(16)28(25,26)21-11-13-2-5-15(20)6-3-13/h2-7,10,21H,8-9,11-12H2,1H3. The van der Waals surface area contributed by atoms with Gasteiger partial charge >= 0.3 is 0 Å². The van der Waals surface area contributed by atoms with Crippen LogP contribution in [-0.2, 0) is 32.7 Å². The highest BCUT2D eigenvalue weighted by molar-refractivity contribution is 7.89. The van der Waals surface area contributed by atoms with Crippen LogP contribution < -0.4 is 9.46 Å². The van der Waals surface area contributed by atoms with Gasteiger partial charge in [-0.1, -0.05) is 29.8 Å². The molecule has 9 heteroatoms. The number of hydrogen-bond acceptors (Lipinski definition) is 5. The molecule has 0 aliphatic carbocycles. The summed E-state index contributed by atoms with van der Waals surface area (Å²) in [4.78, 5) is 24.7. The fourth-order valence-corrected chi connectivity index (χ4v) is 4.23. The van der Waals surface area contributed by atoms with Gasteiger partial charge in [-0.3, -0.25) is 14.5 Å². The molecule has 1 fully saturated rings. The first-order valence-electron chi connectivity index (χ1n) is 8.54. The molecule has 0 spiro atoms. The van der Waals surface area contributed by atoms with E-state index < -0.39 is 10.0 Å². The number of carbonyl (C=O) groups excluding carboxylic acids is 2. The van der Waals surface area contributed by atoms with E-state index in [1.165, 1.54) is 19.2 Å². The summed E-state index contributed by atoms with van der Waals surface area (Å²) in [6, 6.07) is 11.4. The van der Waals surface area contributed by atoms with Crippen molar-refractivity contribution in [3.05, 3.63) is 58.6 Å². The predicted octanol–water partition coefficient (Wildman–Crippen LogP) is 2.48. The summed E-state index contributed by atoms with van der Waals surface area (Å²) in [5, 5.41) is 0.562. The first-order valence-corrected chi connectivity index (χ1v) is 10.4. The van der Waals surface area contributed by atoms with E-state index in [0.29, 0.717) is 10.6 Å². The number of nitrogens with one attached hydrogen (secondary N) is 1. The second-order valence-corrected chi connectivity index (χ2v) is 8.48. The second-order valence-electron chi connectivity index (χ2n) is 6.31. The van der Waals surface area contributed by atoms with Gasteiger partial charge in [0.1, 0.15) is 10.6 Å². The number of hydrogen-bond donors (Lipinski definition) is 1. The molecular formula is C19H19ClN2O5S. The first-order chi connectivity index (χ1) is 13.3. The van der Waals surface area contributed by atoms with Crippen molar-refractivity contribution < 1.29 is 22.7 Å². The molecule has 2 amide bonds. The lowest BCUT2D eigenvalue weighted by molar-refractivity contribution is -0.139. The fourth-order valence-electron chi connectivity index (χ4n) is 2.87. The maximum absolute atomic E-state index is 12.8. The van der Waals surface area contributed by atoms with E-state index in [-0.39, 0.29) is 48.4 Å². The van der Waals surface area contributed by atoms with Crippen molar-refractivity contribution in [2.75, 3.05) is 7.11 Å². The SMILES string of the molecule is COc1ccc(CN2C(=O)CCC2=O)cc1S(=O)(=O)NCc1ccc(Cl)cc1. The number of carbonyl (C=O) groups is 2. The first kappa shape index (κ1) is 20.3. The van der Waals surface area contributed by atoms with Gasteiger partial charge < -0.3 is 4.74 Å². The summed E-state index contributed by atoms with van der Waals surface area (Å²) in [5.41, 5.74) is 1.27. The molecule has 2 aromatic carbocycles. The number of halogens is 1. The Morgan fingerprint density at radius 1 is 1.04 bits per heavy atom. The molecular weight excluding hydrogens is 404 g/mol. The summed E-state index contributed by atoms with van der Waals surface area (Å²) in [6.07, 6.45) is 0.367. The monoisotopic (exact) mass is 422 g/mol. The lowest BCUT2D eigenvalue weighted by Crippen LogP contribution is -2.28. The summed E-state index contributed by atoms with van der Waals surface area (Å²) in [5.74, 6) is -0.344. The van der Waals surface area contributed by atoms with Crippen molar-refractivity contribution in [2.45, 2.75) is 30.8 Å². The highest BCUT2D eigenvalue weighted by Crippen LogP contribution is 2.26. The molecule has 0 bridgehead atoms. The molecule has 2 aromatic rings. The third-order valence-corrected chi connectivity index (χ3v) is 6.07. The van der Waals surface area contributed by atoms with Crippen LogP contribution in [-0.4, -0.2) is 32.2 Å². The second kappa shape index (κ2) is 8.30. The molecule has 0 atom stereocenters. The Morgan fingerprint density at radius 2 is 1.64 bits per heavy atom. The number of imide groups is 1. The molecule has 3 rings (SSSR count). The van der Waals surface area contributed by atoms with E-state index in [2.05, 4.69) is 4.72 Å². The van der Waals surface area contributed by atoms with Crippen LogP contribution in [0, 0.1) is 0 Å². The number of benzene rings is 2. The van der Waals surface area contributed by atoms with Crippen LogP contribution in [0.5, 0.6) is 5.75 Å². The van der Waals surface area contributed by atoms with Gasteiger partial charge in [0.05, 0.1) is 13.7 Å². The average molecular weight is 423 g/mol. The molecule has 148 valence electrons. The van der Waals surface area contributed by atoms with Gasteiger partial charge in [0.25, 0.3) is 0 Å². The Kier molecular flexibility index (Phi) is 6.02. The van der Waals surface area contributed by atoms with Crippen LogP contribution in [0.2, 0.25) is 5.02 Å². The molecule has 1 aliphatic heterocycles. The highest BCUT2D eigenvalue weighted by Gasteiger charge is 2.29. The number of likely N-dealkylation sites (tertiary alicyclic amines) is 1. The minimum Gasteiger partial charge on any atom is -0.495 e. The van der Waals surface area contributed by atoms with Crippen LogP contribution in [0.3, 0.4) is 0 Å². The Hall–Kier alpha value is -2.42. The molecule has 1 N–H and O–H groups in total. The molecule has 7 nitrogen and oxygen atoms in total. The molecule has 1 saturated heterocycles. The summed E-state index contributed by atoms with van der Waals surface area (Å²) < 4.78 is 33.3. The van der Waals surface area contributed by atoms with Crippen LogP contribution in [0.25, 0.3) is 0 Å². The van der Waals surface area contributed by atoms with Gasteiger partial charge in [-0.05, 0) is 35.4 Å². The van der Waals surface area contributed by atoms with Gasteiger partial charge in [-0.2, -0.15) is 0 Å². The highest BCUT2D eigenvalue weighted by atomic mass is 35.5. The Labute approximate surface area is 168 Å². The van der Waals surface area contributed by atoms with Crippen molar-refractivity contribution in [1.82, 2.24) is 9.62 Å². The van der Waals surface area contributed by atoms with Crippen molar-refractivity contribution in [2.24, 2.45) is 0 Å². The molecule has 0 aromatic heterocycles. The molecule has 1 aliphatic rings. The largest absolute Gasteiger partial charge is 0.495 e. The number of ether oxygens (including phenoxy) is 1. The number of methoxy groups -OCH3 is 1. The molecule has 0 radical (unpaired) electrons. The topological polar surface area (TPSA) is 92.8 Å². The van der Waals surface area contributed by atoms with Gasteiger partial charge in [-0.25, -0.2) is 13.1 Å². The normalized spacial score (nSPS) is 14.6. The van der Waals surface area contributed by atoms with Crippen molar-refractivity contribution in [3.63, 3.8) is 0 Å². The van der Waals surface area contributed by atoms with Gasteiger partial charge in [0, 0.05) is 24.4 Å². The zero-order chi connectivity index (χ0) is 20.3. The zero-order valence-electron chi connectivity index (χ0n) is 15.1. The van der Waals surface area contributed by atoms with Gasteiger partial charge in [0.15, 0.2) is 0 Å². The van der Waals surface area contributed by atoms with Crippen LogP contribution in [0.4, 0.5) is 0 Å². The van der Waals surface area contributed by atoms with Crippen molar-refractivity contribution in [1.29, 1.82) is 0 Å². The number of nitrogens with zero attached hydrogens (tertiary/aromatic N) is 1. The smallest absolute Gasteiger partial charge is 0.244 e. The summed E-state index contributed by atoms with van der Waals surface area (Å²) >= 11 is 5.84. The van der Waals surface area contributed by atoms with Crippen LogP contribution in [0.15, 0.2) is 47.4 Å². The molecule has 0 unspecified atom stereocenters. The van der Waals surface area contributed by atoms with Crippen LogP contribution >= 0.6 is 11.6 Å². The van der Waals surface area contributed by atoms with E-state index in [1.807, 2.05) is 0 Å². The number of amides is 2. The Morgan fingerprint density at radius 3 is 2.25 bits per heavy atom. The lowest BCUT2D eigenvalue weighted by Gasteiger charge is -2.16.